The van der Waals surface area contributed by atoms with Crippen LogP contribution >= 0.6 is 0 Å². The molecule has 2 aromatic carbocycles. The zero-order valence-electron chi connectivity index (χ0n) is 11.1. The maximum absolute atomic E-state index is 12.9. The van der Waals surface area contributed by atoms with Crippen LogP contribution < -0.4 is 5.32 Å². The van der Waals surface area contributed by atoms with E-state index < -0.39 is 12.0 Å². The lowest BCUT2D eigenvalue weighted by Crippen LogP contribution is -2.20. The first-order chi connectivity index (χ1) is 9.60. The van der Waals surface area contributed by atoms with Gasteiger partial charge in [0.15, 0.2) is 6.04 Å². The number of carboxylic acids is 1. The molecule has 0 aliphatic carbocycles. The average Bonchev–Trinajstić information content (AvgIpc) is 2.46. The number of nitrogens with one attached hydrogen (secondary N) is 1. The van der Waals surface area contributed by atoms with Crippen LogP contribution in [0.2, 0.25) is 0 Å². The number of rotatable bonds is 5. The summed E-state index contributed by atoms with van der Waals surface area (Å²) in [4.78, 5) is 11.4. The molecule has 0 saturated heterocycles. The van der Waals surface area contributed by atoms with E-state index in [9.17, 15) is 14.3 Å². The Balaban J connectivity index is 2.20. The van der Waals surface area contributed by atoms with Gasteiger partial charge in [0.1, 0.15) is 5.82 Å². The van der Waals surface area contributed by atoms with E-state index in [1.807, 2.05) is 24.3 Å². The largest absolute Gasteiger partial charge is 0.479 e. The number of hydrogen-bond donors (Lipinski definition) is 2. The van der Waals surface area contributed by atoms with Crippen molar-refractivity contribution in [1.82, 2.24) is 0 Å². The Morgan fingerprint density at radius 3 is 2.25 bits per heavy atom. The van der Waals surface area contributed by atoms with Crippen molar-refractivity contribution in [3.05, 3.63) is 65.5 Å². The van der Waals surface area contributed by atoms with Crippen LogP contribution in [0.3, 0.4) is 0 Å². The molecule has 0 amide bonds. The predicted molar refractivity (Wildman–Crippen MR) is 76.2 cm³/mol. The summed E-state index contributed by atoms with van der Waals surface area (Å²) < 4.78 is 12.9. The van der Waals surface area contributed by atoms with Crippen molar-refractivity contribution < 1.29 is 14.3 Å². The van der Waals surface area contributed by atoms with Crippen LogP contribution in [0.5, 0.6) is 0 Å². The second kappa shape index (κ2) is 6.19. The summed E-state index contributed by atoms with van der Waals surface area (Å²) in [7, 11) is 0. The van der Waals surface area contributed by atoms with Crippen molar-refractivity contribution in [3.8, 4) is 0 Å². The van der Waals surface area contributed by atoms with Crippen LogP contribution in [0.1, 0.15) is 24.1 Å². The van der Waals surface area contributed by atoms with Gasteiger partial charge in [-0.05, 0) is 41.8 Å². The summed E-state index contributed by atoms with van der Waals surface area (Å²) in [6.45, 7) is 2.06. The van der Waals surface area contributed by atoms with Crippen LogP contribution in [-0.2, 0) is 11.2 Å². The minimum absolute atomic E-state index is 0.384. The normalized spacial score (nSPS) is 11.9. The van der Waals surface area contributed by atoms with Gasteiger partial charge in [-0.15, -0.1) is 0 Å². The first kappa shape index (κ1) is 14.1. The smallest absolute Gasteiger partial charge is 0.330 e. The fourth-order valence-electron chi connectivity index (χ4n) is 1.95. The van der Waals surface area contributed by atoms with Gasteiger partial charge in [0.2, 0.25) is 0 Å². The third kappa shape index (κ3) is 3.35. The number of anilines is 1. The van der Waals surface area contributed by atoms with Crippen molar-refractivity contribution in [2.24, 2.45) is 0 Å². The van der Waals surface area contributed by atoms with E-state index >= 15 is 0 Å². The molecule has 2 aromatic rings. The molecule has 2 N–H and O–H groups in total. The highest BCUT2D eigenvalue weighted by Crippen LogP contribution is 2.21. The highest BCUT2D eigenvalue weighted by atomic mass is 19.1. The second-order valence-electron chi connectivity index (χ2n) is 4.52. The first-order valence-corrected chi connectivity index (χ1v) is 6.44. The number of carboxylic acid groups (broad SMARTS) is 1. The number of benzene rings is 2. The SMILES string of the molecule is CCc1ccc(NC(C(=O)O)c2ccc(F)cc2)cc1. The molecule has 20 heavy (non-hydrogen) atoms. The zero-order chi connectivity index (χ0) is 14.5. The van der Waals surface area contributed by atoms with E-state index in [1.165, 1.54) is 29.8 Å². The summed E-state index contributed by atoms with van der Waals surface area (Å²) in [6.07, 6.45) is 0.931. The monoisotopic (exact) mass is 273 g/mol. The molecular formula is C16H16FNO2. The molecule has 0 spiro atoms. The van der Waals surface area contributed by atoms with Crippen molar-refractivity contribution in [1.29, 1.82) is 0 Å². The summed E-state index contributed by atoms with van der Waals surface area (Å²) in [6, 6.07) is 12.2. The lowest BCUT2D eigenvalue weighted by Gasteiger charge is -2.16. The molecular weight excluding hydrogens is 257 g/mol. The molecule has 0 saturated carbocycles. The molecule has 0 heterocycles. The van der Waals surface area contributed by atoms with E-state index in [0.717, 1.165) is 12.1 Å². The van der Waals surface area contributed by atoms with Gasteiger partial charge >= 0.3 is 5.97 Å². The fourth-order valence-corrected chi connectivity index (χ4v) is 1.95. The highest BCUT2D eigenvalue weighted by molar-refractivity contribution is 5.79. The molecule has 4 heteroatoms. The van der Waals surface area contributed by atoms with Gasteiger partial charge in [0, 0.05) is 5.69 Å². The Morgan fingerprint density at radius 1 is 1.15 bits per heavy atom. The lowest BCUT2D eigenvalue weighted by atomic mass is 10.1. The van der Waals surface area contributed by atoms with Gasteiger partial charge in [0.05, 0.1) is 0 Å². The minimum atomic E-state index is -1.00. The Kier molecular flexibility index (Phi) is 4.35. The molecule has 3 nitrogen and oxygen atoms in total. The van der Waals surface area contributed by atoms with E-state index in [1.54, 1.807) is 0 Å². The predicted octanol–water partition coefficient (Wildman–Crippen LogP) is 3.63. The van der Waals surface area contributed by atoms with E-state index in [4.69, 9.17) is 0 Å². The molecule has 2 rings (SSSR count). The summed E-state index contributed by atoms with van der Waals surface area (Å²) >= 11 is 0. The molecule has 0 fully saturated rings. The third-order valence-electron chi connectivity index (χ3n) is 3.12. The number of hydrogen-bond acceptors (Lipinski definition) is 2. The standard InChI is InChI=1S/C16H16FNO2/c1-2-11-3-9-14(10-4-11)18-15(16(19)20)12-5-7-13(17)8-6-12/h3-10,15,18H,2H2,1H3,(H,19,20). The van der Waals surface area contributed by atoms with Crippen LogP contribution in [-0.4, -0.2) is 11.1 Å². The number of carbonyl (C=O) groups is 1. The van der Waals surface area contributed by atoms with Crippen LogP contribution in [0.25, 0.3) is 0 Å². The zero-order valence-corrected chi connectivity index (χ0v) is 11.1. The van der Waals surface area contributed by atoms with Gasteiger partial charge in [-0.3, -0.25) is 0 Å². The Labute approximate surface area is 117 Å². The summed E-state index contributed by atoms with van der Waals surface area (Å²) in [5, 5.41) is 12.2. The van der Waals surface area contributed by atoms with Crippen molar-refractivity contribution >= 4 is 11.7 Å². The molecule has 0 aromatic heterocycles. The molecule has 0 aliphatic heterocycles. The quantitative estimate of drug-likeness (QED) is 0.874. The Hall–Kier alpha value is -2.36. The van der Waals surface area contributed by atoms with E-state index in [0.29, 0.717) is 5.56 Å². The average molecular weight is 273 g/mol. The second-order valence-corrected chi connectivity index (χ2v) is 4.52. The van der Waals surface area contributed by atoms with Crippen molar-refractivity contribution in [2.45, 2.75) is 19.4 Å². The van der Waals surface area contributed by atoms with Gasteiger partial charge in [-0.1, -0.05) is 31.2 Å². The number of aliphatic carboxylic acids is 1. The molecule has 0 radical (unpaired) electrons. The Morgan fingerprint density at radius 2 is 1.75 bits per heavy atom. The van der Waals surface area contributed by atoms with Crippen LogP contribution in [0, 0.1) is 5.82 Å². The maximum atomic E-state index is 12.9. The van der Waals surface area contributed by atoms with Gasteiger partial charge < -0.3 is 10.4 Å². The van der Waals surface area contributed by atoms with E-state index in [-0.39, 0.29) is 5.82 Å². The number of aryl methyl sites for hydroxylation is 1. The highest BCUT2D eigenvalue weighted by Gasteiger charge is 2.19. The third-order valence-corrected chi connectivity index (χ3v) is 3.12. The Bertz CT molecular complexity index is 578. The van der Waals surface area contributed by atoms with Crippen LogP contribution in [0.15, 0.2) is 48.5 Å². The molecule has 0 bridgehead atoms. The maximum Gasteiger partial charge on any atom is 0.330 e. The lowest BCUT2D eigenvalue weighted by molar-refractivity contribution is -0.138. The molecule has 0 aliphatic rings. The number of halogens is 1. The van der Waals surface area contributed by atoms with Crippen molar-refractivity contribution in [2.75, 3.05) is 5.32 Å². The molecule has 104 valence electrons. The van der Waals surface area contributed by atoms with Gasteiger partial charge in [-0.25, -0.2) is 9.18 Å². The fraction of sp³-hybridized carbons (Fsp3) is 0.188. The van der Waals surface area contributed by atoms with Gasteiger partial charge in [-0.2, -0.15) is 0 Å². The summed E-state index contributed by atoms with van der Waals surface area (Å²) in [5.74, 6) is -1.39. The van der Waals surface area contributed by atoms with Gasteiger partial charge in [0.25, 0.3) is 0 Å². The topological polar surface area (TPSA) is 49.3 Å². The van der Waals surface area contributed by atoms with Crippen LogP contribution in [0.4, 0.5) is 10.1 Å². The van der Waals surface area contributed by atoms with E-state index in [2.05, 4.69) is 12.2 Å². The first-order valence-electron chi connectivity index (χ1n) is 6.44. The summed E-state index contributed by atoms with van der Waals surface area (Å²) in [5.41, 5.74) is 2.42. The molecule has 1 atom stereocenters. The molecule has 1 unspecified atom stereocenters. The van der Waals surface area contributed by atoms with Crippen molar-refractivity contribution in [3.63, 3.8) is 0 Å². The minimum Gasteiger partial charge on any atom is -0.479 e.